The third kappa shape index (κ3) is 6.79. The second-order valence-electron chi connectivity index (χ2n) is 7.82. The summed E-state index contributed by atoms with van der Waals surface area (Å²) in [5.74, 6) is 0.107. The highest BCUT2D eigenvalue weighted by molar-refractivity contribution is 7.92. The molecule has 1 N–H and O–H groups in total. The lowest BCUT2D eigenvalue weighted by molar-refractivity contribution is 0.0947. The van der Waals surface area contributed by atoms with Crippen molar-refractivity contribution in [2.75, 3.05) is 23.7 Å². The maximum atomic E-state index is 13.2. The largest absolute Gasteiger partial charge is 0.491 e. The maximum Gasteiger partial charge on any atom is 0.251 e. The number of ether oxygens (including phenoxy) is 1. The first-order valence-electron chi connectivity index (χ1n) is 10.4. The van der Waals surface area contributed by atoms with Crippen LogP contribution in [0.1, 0.15) is 27.0 Å². The molecule has 1 amide bonds. The molecule has 0 spiro atoms. The van der Waals surface area contributed by atoms with E-state index in [2.05, 4.69) is 5.32 Å². The first-order valence-corrected chi connectivity index (χ1v) is 12.3. The predicted octanol–water partition coefficient (Wildman–Crippen LogP) is 4.22. The molecule has 0 aliphatic rings. The van der Waals surface area contributed by atoms with Gasteiger partial charge in [-0.2, -0.15) is 0 Å². The number of carbonyl (C=O) groups is 1. The topological polar surface area (TPSA) is 75.7 Å². The monoisotopic (exact) mass is 470 g/mol. The molecule has 8 heteroatoms. The van der Waals surface area contributed by atoms with E-state index in [-0.39, 0.29) is 18.3 Å². The molecular weight excluding hydrogens is 443 g/mol. The molecule has 33 heavy (non-hydrogen) atoms. The molecule has 3 rings (SSSR count). The number of rotatable bonds is 9. The van der Waals surface area contributed by atoms with E-state index in [4.69, 9.17) is 4.74 Å². The van der Waals surface area contributed by atoms with Gasteiger partial charge in [0.25, 0.3) is 5.91 Å². The average molecular weight is 471 g/mol. The van der Waals surface area contributed by atoms with Crippen molar-refractivity contribution < 1.29 is 22.3 Å². The highest BCUT2D eigenvalue weighted by Gasteiger charge is 2.18. The molecule has 0 aliphatic carbocycles. The Bertz CT molecular complexity index is 1210. The molecule has 0 bridgehead atoms. The van der Waals surface area contributed by atoms with Crippen molar-refractivity contribution >= 4 is 21.6 Å². The van der Waals surface area contributed by atoms with Gasteiger partial charge in [0.2, 0.25) is 10.0 Å². The molecule has 0 unspecified atom stereocenters. The van der Waals surface area contributed by atoms with Gasteiger partial charge in [0.15, 0.2) is 0 Å². The Labute approximate surface area is 194 Å². The second-order valence-corrected chi connectivity index (χ2v) is 9.72. The number of nitrogens with one attached hydrogen (secondary N) is 1. The maximum absolute atomic E-state index is 13.2. The Balaban J connectivity index is 1.60. The van der Waals surface area contributed by atoms with E-state index in [0.29, 0.717) is 30.0 Å². The number of benzene rings is 3. The lowest BCUT2D eigenvalue weighted by atomic mass is 10.1. The van der Waals surface area contributed by atoms with E-state index < -0.39 is 10.0 Å². The lowest BCUT2D eigenvalue weighted by Crippen LogP contribution is -2.30. The van der Waals surface area contributed by atoms with Crippen LogP contribution in [0.4, 0.5) is 10.1 Å². The van der Waals surface area contributed by atoms with Crippen LogP contribution in [0, 0.1) is 19.7 Å². The van der Waals surface area contributed by atoms with Gasteiger partial charge in [0.05, 0.1) is 25.0 Å². The minimum absolute atomic E-state index is 0.0560. The van der Waals surface area contributed by atoms with Crippen LogP contribution in [0.3, 0.4) is 0 Å². The SMILES string of the molecule is Cc1ccc(OCCNC(=O)c2ccc(N(Cc3ccc(F)cc3)S(C)(=O)=O)cc2)c(C)c1. The van der Waals surface area contributed by atoms with Gasteiger partial charge in [0, 0.05) is 5.56 Å². The zero-order valence-corrected chi connectivity index (χ0v) is 19.7. The van der Waals surface area contributed by atoms with Crippen LogP contribution in [-0.2, 0) is 16.6 Å². The summed E-state index contributed by atoms with van der Waals surface area (Å²) in [7, 11) is -3.59. The summed E-state index contributed by atoms with van der Waals surface area (Å²) in [6.07, 6.45) is 1.10. The fourth-order valence-electron chi connectivity index (χ4n) is 3.32. The van der Waals surface area contributed by atoms with Crippen molar-refractivity contribution in [1.82, 2.24) is 5.32 Å². The quantitative estimate of drug-likeness (QED) is 0.475. The molecule has 0 saturated heterocycles. The minimum Gasteiger partial charge on any atom is -0.491 e. The summed E-state index contributed by atoms with van der Waals surface area (Å²) < 4.78 is 44.7. The average Bonchev–Trinajstić information content (AvgIpc) is 2.76. The molecule has 174 valence electrons. The molecule has 3 aromatic carbocycles. The Morgan fingerprint density at radius 3 is 2.27 bits per heavy atom. The van der Waals surface area contributed by atoms with Crippen molar-refractivity contribution in [3.05, 3.63) is 94.8 Å². The molecule has 6 nitrogen and oxygen atoms in total. The van der Waals surface area contributed by atoms with E-state index in [1.54, 1.807) is 24.3 Å². The summed E-state index contributed by atoms with van der Waals surface area (Å²) in [4.78, 5) is 12.4. The van der Waals surface area contributed by atoms with Gasteiger partial charge < -0.3 is 10.1 Å². The summed E-state index contributed by atoms with van der Waals surface area (Å²) in [5, 5.41) is 2.79. The molecular formula is C25H27FN2O4S. The molecule has 0 aliphatic heterocycles. The molecule has 0 fully saturated rings. The van der Waals surface area contributed by atoms with Crippen LogP contribution in [-0.4, -0.2) is 33.7 Å². The highest BCUT2D eigenvalue weighted by Crippen LogP contribution is 2.22. The molecule has 0 saturated carbocycles. The standard InChI is InChI=1S/C25H27FN2O4S/c1-18-4-13-24(19(2)16-18)32-15-14-27-25(29)21-7-11-23(12-8-21)28(33(3,30)31)17-20-5-9-22(26)10-6-20/h4-13,16H,14-15,17H2,1-3H3,(H,27,29). The zero-order valence-electron chi connectivity index (χ0n) is 18.8. The number of hydrogen-bond donors (Lipinski definition) is 1. The van der Waals surface area contributed by atoms with Crippen molar-refractivity contribution in [2.45, 2.75) is 20.4 Å². The van der Waals surface area contributed by atoms with E-state index in [9.17, 15) is 17.6 Å². The van der Waals surface area contributed by atoms with Gasteiger partial charge in [-0.15, -0.1) is 0 Å². The number of anilines is 1. The normalized spacial score (nSPS) is 11.2. The summed E-state index contributed by atoms with van der Waals surface area (Å²) in [5.41, 5.74) is 3.65. The third-order valence-electron chi connectivity index (χ3n) is 5.03. The van der Waals surface area contributed by atoms with Gasteiger partial charge >= 0.3 is 0 Å². The highest BCUT2D eigenvalue weighted by atomic mass is 32.2. The minimum atomic E-state index is -3.59. The van der Waals surface area contributed by atoms with Crippen molar-refractivity contribution in [3.8, 4) is 5.75 Å². The van der Waals surface area contributed by atoms with Crippen molar-refractivity contribution in [1.29, 1.82) is 0 Å². The smallest absolute Gasteiger partial charge is 0.251 e. The van der Waals surface area contributed by atoms with Crippen molar-refractivity contribution in [3.63, 3.8) is 0 Å². The summed E-state index contributed by atoms with van der Waals surface area (Å²) >= 11 is 0. The number of amides is 1. The second kappa shape index (κ2) is 10.5. The van der Waals surface area contributed by atoms with Crippen molar-refractivity contribution in [2.24, 2.45) is 0 Å². The number of sulfonamides is 1. The van der Waals surface area contributed by atoms with E-state index >= 15 is 0 Å². The first-order chi connectivity index (χ1) is 15.6. The predicted molar refractivity (Wildman–Crippen MR) is 128 cm³/mol. The summed E-state index contributed by atoms with van der Waals surface area (Å²) in [6, 6.07) is 17.8. The molecule has 0 heterocycles. The number of aryl methyl sites for hydroxylation is 2. The van der Waals surface area contributed by atoms with E-state index in [1.165, 1.54) is 28.6 Å². The van der Waals surface area contributed by atoms with Gasteiger partial charge in [-0.1, -0.05) is 29.8 Å². The Hall–Kier alpha value is -3.39. The molecule has 0 radical (unpaired) electrons. The lowest BCUT2D eigenvalue weighted by Gasteiger charge is -2.22. The van der Waals surface area contributed by atoms with Gasteiger partial charge in [-0.05, 0) is 67.4 Å². The van der Waals surface area contributed by atoms with Gasteiger partial charge in [-0.3, -0.25) is 9.10 Å². The number of nitrogens with zero attached hydrogens (tertiary/aromatic N) is 1. The zero-order chi connectivity index (χ0) is 24.0. The fourth-order valence-corrected chi connectivity index (χ4v) is 4.21. The molecule has 3 aromatic rings. The fraction of sp³-hybridized carbons (Fsp3) is 0.240. The van der Waals surface area contributed by atoms with Gasteiger partial charge in [-0.25, -0.2) is 12.8 Å². The number of hydrogen-bond acceptors (Lipinski definition) is 4. The Morgan fingerprint density at radius 1 is 1.00 bits per heavy atom. The van der Waals surface area contributed by atoms with Crippen LogP contribution >= 0.6 is 0 Å². The summed E-state index contributed by atoms with van der Waals surface area (Å²) in [6.45, 7) is 4.69. The van der Waals surface area contributed by atoms with Crippen LogP contribution in [0.2, 0.25) is 0 Å². The Kier molecular flexibility index (Phi) is 7.71. The number of carbonyl (C=O) groups excluding carboxylic acids is 1. The number of halogens is 1. The molecule has 0 aromatic heterocycles. The van der Waals surface area contributed by atoms with Crippen LogP contribution in [0.25, 0.3) is 0 Å². The van der Waals surface area contributed by atoms with E-state index in [0.717, 1.165) is 23.1 Å². The third-order valence-corrected chi connectivity index (χ3v) is 6.17. The molecule has 0 atom stereocenters. The van der Waals surface area contributed by atoms with Crippen LogP contribution < -0.4 is 14.4 Å². The van der Waals surface area contributed by atoms with Gasteiger partial charge in [0.1, 0.15) is 18.2 Å². The van der Waals surface area contributed by atoms with Crippen LogP contribution in [0.5, 0.6) is 5.75 Å². The Morgan fingerprint density at radius 2 is 1.67 bits per heavy atom. The van der Waals surface area contributed by atoms with Crippen LogP contribution in [0.15, 0.2) is 66.7 Å². The first kappa shape index (κ1) is 24.3. The van der Waals surface area contributed by atoms with E-state index in [1.807, 2.05) is 32.0 Å².